The fraction of sp³-hybridized carbons (Fsp3) is 0.692. The summed E-state index contributed by atoms with van der Waals surface area (Å²) in [6.07, 6.45) is 7.13. The Kier molecular flexibility index (Phi) is 20.0. The number of hydrogen-bond acceptors (Lipinski definition) is 3. The molecule has 2 aliphatic rings. The van der Waals surface area contributed by atoms with Gasteiger partial charge in [-0.1, -0.05) is 61.1 Å². The van der Waals surface area contributed by atoms with Crippen molar-refractivity contribution >= 4 is 5.91 Å². The number of rotatable bonds is 4. The van der Waals surface area contributed by atoms with Gasteiger partial charge in [-0.25, -0.2) is 0 Å². The van der Waals surface area contributed by atoms with E-state index >= 15 is 0 Å². The van der Waals surface area contributed by atoms with E-state index in [0.29, 0.717) is 18.0 Å². The van der Waals surface area contributed by atoms with Crippen molar-refractivity contribution in [2.24, 2.45) is 0 Å². The summed E-state index contributed by atoms with van der Waals surface area (Å²) in [4.78, 5) is 14.5. The first-order chi connectivity index (χ1) is 12.9. The molecule has 3 rings (SSSR count). The zero-order valence-corrected chi connectivity index (χ0v) is 20.8. The molecular weight excluding hydrogens is 459 g/mol. The normalized spacial score (nSPS) is 17.8. The van der Waals surface area contributed by atoms with E-state index < -0.39 is 0 Å². The van der Waals surface area contributed by atoms with E-state index in [9.17, 15) is 4.79 Å². The second kappa shape index (κ2) is 17.8. The van der Waals surface area contributed by atoms with Crippen molar-refractivity contribution in [1.82, 2.24) is 10.2 Å². The quantitative estimate of drug-likeness (QED) is 0.507. The van der Waals surface area contributed by atoms with Gasteiger partial charge in [0.1, 0.15) is 0 Å². The van der Waals surface area contributed by atoms with Gasteiger partial charge in [0.05, 0.1) is 17.7 Å². The first-order valence-corrected chi connectivity index (χ1v) is 10.5. The van der Waals surface area contributed by atoms with Crippen molar-refractivity contribution in [3.63, 3.8) is 0 Å². The number of nitriles is 1. The maximum atomic E-state index is 12.2. The molecule has 2 fully saturated rings. The van der Waals surface area contributed by atoms with E-state index in [1.165, 1.54) is 37.7 Å². The molecule has 1 unspecified atom stereocenters. The van der Waals surface area contributed by atoms with Gasteiger partial charge in [0.2, 0.25) is 5.91 Å². The molecule has 0 bridgehead atoms. The van der Waals surface area contributed by atoms with E-state index in [4.69, 9.17) is 5.26 Å². The molecule has 1 saturated heterocycles. The van der Waals surface area contributed by atoms with Crippen molar-refractivity contribution in [3.8, 4) is 6.07 Å². The van der Waals surface area contributed by atoms with Crippen LogP contribution in [0.15, 0.2) is 24.3 Å². The minimum Gasteiger partial charge on any atom is -0.352 e. The van der Waals surface area contributed by atoms with Crippen LogP contribution in [0.25, 0.3) is 0 Å². The Morgan fingerprint density at radius 2 is 1.68 bits per heavy atom. The van der Waals surface area contributed by atoms with E-state index in [0.717, 1.165) is 18.5 Å². The number of hydrogen-bond donors (Lipinski definition) is 1. The summed E-state index contributed by atoms with van der Waals surface area (Å²) in [6, 6.07) is 10.9. The molecule has 1 heterocycles. The molecule has 1 atom stereocenters. The minimum atomic E-state index is 0. The molecule has 0 aromatic heterocycles. The average molecular weight is 507 g/mol. The SMILES string of the molecule is C.C.C.CC(C)N1CCCC1C(=O)NC1CCCC1.CC(C)c1cccc(C#N)c1.[Y]. The zero-order chi connectivity index (χ0) is 19.8. The van der Waals surface area contributed by atoms with Gasteiger partial charge in [-0.2, -0.15) is 5.26 Å². The molecule has 0 spiro atoms. The van der Waals surface area contributed by atoms with Crippen LogP contribution in [0.1, 0.15) is 106 Å². The molecule has 5 heteroatoms. The maximum absolute atomic E-state index is 12.2. The molecule has 1 aliphatic carbocycles. The smallest absolute Gasteiger partial charge is 0.237 e. The third-order valence-electron chi connectivity index (χ3n) is 5.64. The van der Waals surface area contributed by atoms with Gasteiger partial charge in [-0.3, -0.25) is 9.69 Å². The van der Waals surface area contributed by atoms with Crippen molar-refractivity contribution in [3.05, 3.63) is 35.4 Å². The predicted octanol–water partition coefficient (Wildman–Crippen LogP) is 6.51. The number of nitrogens with zero attached hydrogens (tertiary/aromatic N) is 2. The standard InChI is InChI=1S/C13H24N2O.C10H11N.3CH4.Y/c1-10(2)15-9-5-8-12(15)13(16)14-11-6-3-4-7-11;1-8(2)10-5-3-4-9(6-10)7-11;;;;/h10-12H,3-9H2,1-2H3,(H,14,16);3-6,8H,1-2H3;3*1H4;. The second-order valence-electron chi connectivity index (χ2n) is 8.37. The summed E-state index contributed by atoms with van der Waals surface area (Å²) in [6.45, 7) is 9.69. The summed E-state index contributed by atoms with van der Waals surface area (Å²) in [5.74, 6) is 0.779. The zero-order valence-electron chi connectivity index (χ0n) is 17.9. The topological polar surface area (TPSA) is 56.1 Å². The van der Waals surface area contributed by atoms with Crippen molar-refractivity contribution in [2.75, 3.05) is 6.54 Å². The summed E-state index contributed by atoms with van der Waals surface area (Å²) in [5.41, 5.74) is 1.97. The van der Waals surface area contributed by atoms with E-state index in [2.05, 4.69) is 44.0 Å². The van der Waals surface area contributed by atoms with Crippen LogP contribution in [-0.4, -0.2) is 35.5 Å². The largest absolute Gasteiger partial charge is 0.352 e. The molecule has 1 N–H and O–H groups in total. The molecule has 1 saturated carbocycles. The first kappa shape index (κ1) is 34.8. The molecule has 1 aliphatic heterocycles. The predicted molar refractivity (Wildman–Crippen MR) is 131 cm³/mol. The fourth-order valence-corrected chi connectivity index (χ4v) is 4.02. The second-order valence-corrected chi connectivity index (χ2v) is 8.37. The minimum absolute atomic E-state index is 0. The van der Waals surface area contributed by atoms with Gasteiger partial charge in [0.25, 0.3) is 0 Å². The molecule has 4 nitrogen and oxygen atoms in total. The van der Waals surface area contributed by atoms with Gasteiger partial charge in [0, 0.05) is 44.8 Å². The molecule has 1 aromatic rings. The average Bonchev–Trinajstić information content (AvgIpc) is 3.34. The number of carbonyl (C=O) groups excluding carboxylic acids is 1. The van der Waals surface area contributed by atoms with Gasteiger partial charge >= 0.3 is 0 Å². The number of benzene rings is 1. The number of carbonyl (C=O) groups is 1. The van der Waals surface area contributed by atoms with Crippen LogP contribution < -0.4 is 5.32 Å². The van der Waals surface area contributed by atoms with Crippen molar-refractivity contribution in [1.29, 1.82) is 5.26 Å². The molecule has 1 aromatic carbocycles. The Balaban J connectivity index is -0.000000471. The monoisotopic (exact) mass is 506 g/mol. The number of amides is 1. The molecule has 1 radical (unpaired) electrons. The van der Waals surface area contributed by atoms with Gasteiger partial charge in [-0.15, -0.1) is 0 Å². The Morgan fingerprint density at radius 1 is 1.06 bits per heavy atom. The van der Waals surface area contributed by atoms with Crippen LogP contribution in [0.5, 0.6) is 0 Å². The Hall–Kier alpha value is -0.756. The van der Waals surface area contributed by atoms with Gasteiger partial charge < -0.3 is 5.32 Å². The van der Waals surface area contributed by atoms with Crippen LogP contribution in [0.2, 0.25) is 0 Å². The number of likely N-dealkylation sites (tertiary alicyclic amines) is 1. The van der Waals surface area contributed by atoms with Crippen LogP contribution in [0, 0.1) is 11.3 Å². The summed E-state index contributed by atoms with van der Waals surface area (Å²) in [5, 5.41) is 11.8. The fourth-order valence-electron chi connectivity index (χ4n) is 4.02. The van der Waals surface area contributed by atoms with E-state index in [1.807, 2.05) is 24.3 Å². The Labute approximate surface area is 218 Å². The van der Waals surface area contributed by atoms with Crippen molar-refractivity contribution < 1.29 is 37.5 Å². The third kappa shape index (κ3) is 11.1. The maximum Gasteiger partial charge on any atom is 0.237 e. The summed E-state index contributed by atoms with van der Waals surface area (Å²) in [7, 11) is 0. The van der Waals surface area contributed by atoms with E-state index in [1.54, 1.807) is 0 Å². The Morgan fingerprint density at radius 3 is 2.19 bits per heavy atom. The summed E-state index contributed by atoms with van der Waals surface area (Å²) < 4.78 is 0. The van der Waals surface area contributed by atoms with Gasteiger partial charge in [-0.05, 0) is 69.7 Å². The Bertz CT molecular complexity index is 648. The van der Waals surface area contributed by atoms with Gasteiger partial charge in [0.15, 0.2) is 0 Å². The van der Waals surface area contributed by atoms with Crippen LogP contribution in [0.3, 0.4) is 0 Å². The molecule has 1 amide bonds. The van der Waals surface area contributed by atoms with Crippen molar-refractivity contribution in [2.45, 2.75) is 113 Å². The van der Waals surface area contributed by atoms with Crippen LogP contribution >= 0.6 is 0 Å². The molecule has 175 valence electrons. The first-order valence-electron chi connectivity index (χ1n) is 10.5. The van der Waals surface area contributed by atoms with E-state index in [-0.39, 0.29) is 66.9 Å². The van der Waals surface area contributed by atoms with Crippen LogP contribution in [0.4, 0.5) is 0 Å². The molecule has 31 heavy (non-hydrogen) atoms. The number of nitrogens with one attached hydrogen (secondary N) is 1. The molecular formula is C26H47N3OY. The van der Waals surface area contributed by atoms with Crippen LogP contribution in [-0.2, 0) is 37.5 Å². The summed E-state index contributed by atoms with van der Waals surface area (Å²) >= 11 is 0. The third-order valence-corrected chi connectivity index (χ3v) is 5.64.